The first-order valence-electron chi connectivity index (χ1n) is 7.51. The van der Waals surface area contributed by atoms with Crippen molar-refractivity contribution in [3.05, 3.63) is 23.9 Å². The predicted molar refractivity (Wildman–Crippen MR) is 83.6 cm³/mol. The molecule has 0 aliphatic carbocycles. The van der Waals surface area contributed by atoms with E-state index < -0.39 is 5.60 Å². The summed E-state index contributed by atoms with van der Waals surface area (Å²) in [5.41, 5.74) is 0.694. The first-order valence-corrected chi connectivity index (χ1v) is 7.51. The second-order valence-corrected chi connectivity index (χ2v) is 6.57. The smallest absolute Gasteiger partial charge is 0.407 e. The number of aromatic nitrogens is 1. The maximum atomic E-state index is 11.7. The third kappa shape index (κ3) is 4.62. The quantitative estimate of drug-likeness (QED) is 0.930. The average Bonchev–Trinajstić information content (AvgIpc) is 2.83. The van der Waals surface area contributed by atoms with Crippen LogP contribution in [0.5, 0.6) is 0 Å². The van der Waals surface area contributed by atoms with Gasteiger partial charge in [-0.3, -0.25) is 0 Å². The van der Waals surface area contributed by atoms with E-state index in [0.717, 1.165) is 30.8 Å². The molecule has 1 aliphatic rings. The molecule has 1 aliphatic heterocycles. The van der Waals surface area contributed by atoms with Crippen molar-refractivity contribution in [2.45, 2.75) is 52.2 Å². The van der Waals surface area contributed by atoms with Gasteiger partial charge in [-0.2, -0.15) is 0 Å². The molecule has 0 spiro atoms. The number of hydrogen-bond donors (Lipinski definition) is 1. The molecular weight excluding hydrogens is 266 g/mol. The van der Waals surface area contributed by atoms with Crippen molar-refractivity contribution in [2.24, 2.45) is 0 Å². The van der Waals surface area contributed by atoms with Crippen LogP contribution in [0.4, 0.5) is 10.6 Å². The number of nitrogens with one attached hydrogen (secondary N) is 1. The van der Waals surface area contributed by atoms with E-state index in [1.807, 2.05) is 40.0 Å². The standard InChI is InChI=1S/C16H25N3O2/c1-12-7-8-14(17-10-12)19-9-5-6-13(19)11-18-15(20)21-16(2,3)4/h7-8,10,13H,5-6,9,11H2,1-4H3,(H,18,20)/t13-/m0/s1. The van der Waals surface area contributed by atoms with Crippen LogP contribution < -0.4 is 10.2 Å². The lowest BCUT2D eigenvalue weighted by atomic mass is 10.2. The number of nitrogens with zero attached hydrogens (tertiary/aromatic N) is 2. The van der Waals surface area contributed by atoms with E-state index >= 15 is 0 Å². The van der Waals surface area contributed by atoms with E-state index in [1.54, 1.807) is 0 Å². The molecule has 5 heteroatoms. The Kier molecular flexibility index (Phi) is 4.70. The number of alkyl carbamates (subject to hydrolysis) is 1. The highest BCUT2D eigenvalue weighted by molar-refractivity contribution is 5.67. The van der Waals surface area contributed by atoms with Gasteiger partial charge in [-0.25, -0.2) is 9.78 Å². The molecule has 21 heavy (non-hydrogen) atoms. The van der Waals surface area contributed by atoms with Gasteiger partial charge in [0, 0.05) is 25.3 Å². The number of hydrogen-bond acceptors (Lipinski definition) is 4. The van der Waals surface area contributed by atoms with Crippen molar-refractivity contribution < 1.29 is 9.53 Å². The number of amides is 1. The molecule has 1 fully saturated rings. The Bertz CT molecular complexity index is 479. The Morgan fingerprint density at radius 2 is 2.24 bits per heavy atom. The van der Waals surface area contributed by atoms with Crippen LogP contribution in [-0.2, 0) is 4.74 Å². The molecule has 0 aromatic carbocycles. The molecule has 1 aromatic rings. The summed E-state index contributed by atoms with van der Waals surface area (Å²) in [5.74, 6) is 0.981. The Labute approximate surface area is 126 Å². The van der Waals surface area contributed by atoms with Gasteiger partial charge in [0.05, 0.1) is 0 Å². The number of carbonyl (C=O) groups is 1. The monoisotopic (exact) mass is 291 g/mol. The fraction of sp³-hybridized carbons (Fsp3) is 0.625. The van der Waals surface area contributed by atoms with Gasteiger partial charge in [0.25, 0.3) is 0 Å². The molecule has 0 unspecified atom stereocenters. The zero-order valence-corrected chi connectivity index (χ0v) is 13.3. The van der Waals surface area contributed by atoms with E-state index in [4.69, 9.17) is 4.74 Å². The number of ether oxygens (including phenoxy) is 1. The summed E-state index contributed by atoms with van der Waals surface area (Å²) in [6.07, 6.45) is 3.71. The normalized spacial score (nSPS) is 18.7. The number of carbonyl (C=O) groups excluding carboxylic acids is 1. The average molecular weight is 291 g/mol. The molecule has 116 valence electrons. The number of aryl methyl sites for hydroxylation is 1. The highest BCUT2D eigenvalue weighted by atomic mass is 16.6. The summed E-state index contributed by atoms with van der Waals surface area (Å²) < 4.78 is 5.27. The van der Waals surface area contributed by atoms with Crippen LogP contribution in [0.15, 0.2) is 18.3 Å². The number of pyridine rings is 1. The van der Waals surface area contributed by atoms with Gasteiger partial charge in [-0.1, -0.05) is 6.07 Å². The van der Waals surface area contributed by atoms with Crippen molar-refractivity contribution in [3.8, 4) is 0 Å². The van der Waals surface area contributed by atoms with E-state index in [2.05, 4.69) is 21.3 Å². The van der Waals surface area contributed by atoms with Gasteiger partial charge in [-0.15, -0.1) is 0 Å². The third-order valence-electron chi connectivity index (χ3n) is 3.45. The van der Waals surface area contributed by atoms with Crippen LogP contribution in [0.1, 0.15) is 39.2 Å². The fourth-order valence-corrected chi connectivity index (χ4v) is 2.49. The van der Waals surface area contributed by atoms with Gasteiger partial charge < -0.3 is 15.0 Å². The Hall–Kier alpha value is -1.78. The molecule has 1 atom stereocenters. The zero-order chi connectivity index (χ0) is 15.5. The van der Waals surface area contributed by atoms with Crippen molar-refractivity contribution in [3.63, 3.8) is 0 Å². The molecule has 1 aromatic heterocycles. The highest BCUT2D eigenvalue weighted by Crippen LogP contribution is 2.23. The number of anilines is 1. The molecule has 2 rings (SSSR count). The van der Waals surface area contributed by atoms with Gasteiger partial charge in [0.2, 0.25) is 0 Å². The van der Waals surface area contributed by atoms with Gasteiger partial charge in [0.1, 0.15) is 11.4 Å². The van der Waals surface area contributed by atoms with E-state index in [-0.39, 0.29) is 12.1 Å². The summed E-state index contributed by atoms with van der Waals surface area (Å²) in [5, 5.41) is 2.86. The molecule has 1 amide bonds. The predicted octanol–water partition coefficient (Wildman–Crippen LogP) is 2.88. The minimum absolute atomic E-state index is 0.285. The third-order valence-corrected chi connectivity index (χ3v) is 3.45. The van der Waals surface area contributed by atoms with Crippen LogP contribution in [0, 0.1) is 6.92 Å². The van der Waals surface area contributed by atoms with Gasteiger partial charge >= 0.3 is 6.09 Å². The van der Waals surface area contributed by atoms with Crippen molar-refractivity contribution >= 4 is 11.9 Å². The van der Waals surface area contributed by atoms with Crippen LogP contribution in [0.2, 0.25) is 0 Å². The topological polar surface area (TPSA) is 54.5 Å². The summed E-state index contributed by atoms with van der Waals surface area (Å²) in [6.45, 7) is 9.20. The highest BCUT2D eigenvalue weighted by Gasteiger charge is 2.26. The van der Waals surface area contributed by atoms with Gasteiger partial charge in [-0.05, 0) is 52.2 Å². The molecule has 0 bridgehead atoms. The van der Waals surface area contributed by atoms with Crippen LogP contribution in [-0.4, -0.2) is 35.8 Å². The lowest BCUT2D eigenvalue weighted by molar-refractivity contribution is 0.0525. The SMILES string of the molecule is Cc1ccc(N2CCC[C@H]2CNC(=O)OC(C)(C)C)nc1. The lowest BCUT2D eigenvalue weighted by Gasteiger charge is -2.27. The molecule has 0 radical (unpaired) electrons. The number of rotatable bonds is 3. The molecule has 1 N–H and O–H groups in total. The molecular formula is C16H25N3O2. The largest absolute Gasteiger partial charge is 0.444 e. The maximum Gasteiger partial charge on any atom is 0.407 e. The lowest BCUT2D eigenvalue weighted by Crippen LogP contribution is -2.42. The van der Waals surface area contributed by atoms with E-state index in [1.165, 1.54) is 0 Å². The summed E-state index contributed by atoms with van der Waals surface area (Å²) in [7, 11) is 0. The summed E-state index contributed by atoms with van der Waals surface area (Å²) in [4.78, 5) is 18.5. The van der Waals surface area contributed by atoms with E-state index in [0.29, 0.717) is 6.54 Å². The first kappa shape index (κ1) is 15.6. The molecule has 2 heterocycles. The minimum Gasteiger partial charge on any atom is -0.444 e. The van der Waals surface area contributed by atoms with Crippen LogP contribution >= 0.6 is 0 Å². The van der Waals surface area contributed by atoms with Crippen molar-refractivity contribution in [1.29, 1.82) is 0 Å². The summed E-state index contributed by atoms with van der Waals surface area (Å²) >= 11 is 0. The Morgan fingerprint density at radius 3 is 2.86 bits per heavy atom. The Balaban J connectivity index is 1.90. The fourth-order valence-electron chi connectivity index (χ4n) is 2.49. The Morgan fingerprint density at radius 1 is 1.48 bits per heavy atom. The molecule has 0 saturated carbocycles. The molecule has 1 saturated heterocycles. The van der Waals surface area contributed by atoms with Crippen LogP contribution in [0.25, 0.3) is 0 Å². The first-order chi connectivity index (χ1) is 9.85. The maximum absolute atomic E-state index is 11.7. The van der Waals surface area contributed by atoms with E-state index in [9.17, 15) is 4.79 Å². The van der Waals surface area contributed by atoms with Crippen molar-refractivity contribution in [1.82, 2.24) is 10.3 Å². The molecule has 5 nitrogen and oxygen atoms in total. The van der Waals surface area contributed by atoms with Gasteiger partial charge in [0.15, 0.2) is 0 Å². The van der Waals surface area contributed by atoms with Crippen molar-refractivity contribution in [2.75, 3.05) is 18.0 Å². The second-order valence-electron chi connectivity index (χ2n) is 6.57. The minimum atomic E-state index is -0.460. The summed E-state index contributed by atoms with van der Waals surface area (Å²) in [6, 6.07) is 4.40. The van der Waals surface area contributed by atoms with Crippen LogP contribution in [0.3, 0.4) is 0 Å². The zero-order valence-electron chi connectivity index (χ0n) is 13.3. The second kappa shape index (κ2) is 6.33.